The van der Waals surface area contributed by atoms with E-state index < -0.39 is 0 Å². The number of para-hydroxylation sites is 1. The van der Waals surface area contributed by atoms with E-state index in [2.05, 4.69) is 43.3 Å². The van der Waals surface area contributed by atoms with Crippen molar-refractivity contribution in [2.45, 2.75) is 13.0 Å². The van der Waals surface area contributed by atoms with Gasteiger partial charge < -0.3 is 0 Å². The summed E-state index contributed by atoms with van der Waals surface area (Å²) in [5.74, 6) is -0.229. The number of anilines is 1. The molecule has 2 aliphatic heterocycles. The molecule has 5 rings (SSSR count). The van der Waals surface area contributed by atoms with E-state index in [4.69, 9.17) is 9.98 Å². The summed E-state index contributed by atoms with van der Waals surface area (Å²) >= 11 is 0. The van der Waals surface area contributed by atoms with Crippen molar-refractivity contribution in [1.29, 1.82) is 0 Å². The number of carbonyl (C=O) groups is 1. The van der Waals surface area contributed by atoms with E-state index in [9.17, 15) is 4.79 Å². The highest BCUT2D eigenvalue weighted by Crippen LogP contribution is 2.42. The predicted molar refractivity (Wildman–Crippen MR) is 121 cm³/mol. The Morgan fingerprint density at radius 2 is 1.37 bits per heavy atom. The van der Waals surface area contributed by atoms with Gasteiger partial charge in [-0.25, -0.2) is 0 Å². The molecule has 1 saturated heterocycles. The van der Waals surface area contributed by atoms with Crippen molar-refractivity contribution in [2.75, 3.05) is 18.0 Å². The van der Waals surface area contributed by atoms with Gasteiger partial charge in [0, 0.05) is 5.69 Å². The zero-order valence-corrected chi connectivity index (χ0v) is 16.9. The standard InChI is InChI=1S/C26H23N3O/c1-18-12-14-20(15-13-18)25-22-23(19-8-4-2-5-9-19)27-16-17-28-24(22)26(30)29(25)21-10-6-3-7-11-21/h2-15,22,25H,16-17H2,1H3/t22-,25+/m0/s1. The van der Waals surface area contributed by atoms with Gasteiger partial charge in [0.25, 0.3) is 5.91 Å². The number of fused-ring (bicyclic) bond motifs is 1. The number of hydrogen-bond acceptors (Lipinski definition) is 3. The first-order valence-electron chi connectivity index (χ1n) is 10.3. The van der Waals surface area contributed by atoms with Gasteiger partial charge in [-0.05, 0) is 30.2 Å². The number of aliphatic imine (C=N–C) groups is 2. The summed E-state index contributed by atoms with van der Waals surface area (Å²) in [5, 5.41) is 0. The average Bonchev–Trinajstić information content (AvgIpc) is 2.93. The average molecular weight is 393 g/mol. The van der Waals surface area contributed by atoms with Gasteiger partial charge >= 0.3 is 0 Å². The minimum absolute atomic E-state index is 0.0256. The molecule has 0 saturated carbocycles. The number of rotatable bonds is 3. The Bertz CT molecular complexity index is 1120. The second-order valence-electron chi connectivity index (χ2n) is 7.74. The quantitative estimate of drug-likeness (QED) is 0.639. The predicted octanol–water partition coefficient (Wildman–Crippen LogP) is 4.64. The van der Waals surface area contributed by atoms with Crippen molar-refractivity contribution in [3.8, 4) is 0 Å². The summed E-state index contributed by atoms with van der Waals surface area (Å²) in [6.45, 7) is 3.22. The molecule has 4 heteroatoms. The molecule has 30 heavy (non-hydrogen) atoms. The van der Waals surface area contributed by atoms with Crippen LogP contribution < -0.4 is 4.90 Å². The van der Waals surface area contributed by atoms with Crippen molar-refractivity contribution in [3.05, 3.63) is 102 Å². The fraction of sp³-hybridized carbons (Fsp3) is 0.192. The van der Waals surface area contributed by atoms with Gasteiger partial charge in [-0.1, -0.05) is 78.4 Å². The Morgan fingerprint density at radius 1 is 0.767 bits per heavy atom. The molecular weight excluding hydrogens is 370 g/mol. The van der Waals surface area contributed by atoms with Crippen LogP contribution in [0.25, 0.3) is 0 Å². The monoisotopic (exact) mass is 393 g/mol. The van der Waals surface area contributed by atoms with Gasteiger partial charge in [0.2, 0.25) is 0 Å². The summed E-state index contributed by atoms with van der Waals surface area (Å²) < 4.78 is 0. The molecule has 0 spiro atoms. The van der Waals surface area contributed by atoms with Crippen molar-refractivity contribution in [2.24, 2.45) is 15.9 Å². The minimum Gasteiger partial charge on any atom is -0.299 e. The molecule has 148 valence electrons. The molecule has 3 aromatic rings. The Balaban J connectivity index is 1.72. The van der Waals surface area contributed by atoms with Gasteiger partial charge in [-0.2, -0.15) is 0 Å². The van der Waals surface area contributed by atoms with E-state index in [1.165, 1.54) is 5.56 Å². The van der Waals surface area contributed by atoms with Crippen LogP contribution in [0, 0.1) is 12.8 Å². The first-order valence-corrected chi connectivity index (χ1v) is 10.3. The van der Waals surface area contributed by atoms with Gasteiger partial charge in [-0.3, -0.25) is 19.7 Å². The highest BCUT2D eigenvalue weighted by Gasteiger charge is 2.49. The zero-order chi connectivity index (χ0) is 20.5. The van der Waals surface area contributed by atoms with E-state index in [1.54, 1.807) is 0 Å². The van der Waals surface area contributed by atoms with Crippen molar-refractivity contribution in [1.82, 2.24) is 0 Å². The van der Waals surface area contributed by atoms with Crippen LogP contribution in [-0.4, -0.2) is 30.4 Å². The molecule has 2 aliphatic rings. The lowest BCUT2D eigenvalue weighted by Crippen LogP contribution is -2.31. The Kier molecular flexibility index (Phi) is 4.75. The number of amides is 1. The second-order valence-corrected chi connectivity index (χ2v) is 7.74. The number of hydrogen-bond donors (Lipinski definition) is 0. The van der Waals surface area contributed by atoms with Crippen molar-refractivity contribution >= 4 is 23.0 Å². The number of nitrogens with zero attached hydrogens (tertiary/aromatic N) is 3. The maximum Gasteiger partial charge on any atom is 0.273 e. The van der Waals surface area contributed by atoms with Crippen LogP contribution in [-0.2, 0) is 4.79 Å². The lowest BCUT2D eigenvalue weighted by atomic mass is 9.85. The minimum atomic E-state index is -0.203. The van der Waals surface area contributed by atoms with Crippen LogP contribution in [0.15, 0.2) is 94.9 Å². The van der Waals surface area contributed by atoms with Gasteiger partial charge in [0.15, 0.2) is 0 Å². The third-order valence-electron chi connectivity index (χ3n) is 5.81. The summed E-state index contributed by atoms with van der Waals surface area (Å²) in [6.07, 6.45) is 0. The Morgan fingerprint density at radius 3 is 2.03 bits per heavy atom. The molecule has 0 N–H and O–H groups in total. The third kappa shape index (κ3) is 3.14. The van der Waals surface area contributed by atoms with E-state index in [-0.39, 0.29) is 17.9 Å². The first kappa shape index (κ1) is 18.5. The van der Waals surface area contributed by atoms with E-state index >= 15 is 0 Å². The van der Waals surface area contributed by atoms with Crippen LogP contribution in [0.5, 0.6) is 0 Å². The highest BCUT2D eigenvalue weighted by molar-refractivity contribution is 6.51. The molecule has 1 fully saturated rings. The van der Waals surface area contributed by atoms with Crippen LogP contribution in [0.2, 0.25) is 0 Å². The summed E-state index contributed by atoms with van der Waals surface area (Å²) in [4.78, 5) is 25.2. The third-order valence-corrected chi connectivity index (χ3v) is 5.81. The lowest BCUT2D eigenvalue weighted by molar-refractivity contribution is -0.112. The first-order chi connectivity index (χ1) is 14.7. The maximum atomic E-state index is 13.7. The fourth-order valence-corrected chi connectivity index (χ4v) is 4.42. The molecule has 0 bridgehead atoms. The van der Waals surface area contributed by atoms with Gasteiger partial charge in [0.05, 0.1) is 30.8 Å². The van der Waals surface area contributed by atoms with Crippen molar-refractivity contribution < 1.29 is 4.79 Å². The second kappa shape index (κ2) is 7.71. The van der Waals surface area contributed by atoms with E-state index in [1.807, 2.05) is 53.4 Å². The molecule has 0 aliphatic carbocycles. The zero-order valence-electron chi connectivity index (χ0n) is 16.9. The maximum absolute atomic E-state index is 13.7. The molecule has 3 aromatic carbocycles. The molecule has 2 atom stereocenters. The number of benzene rings is 3. The SMILES string of the molecule is Cc1ccc([C@@H]2[C@@H]3C(=NCCN=C3c3ccccc3)C(=O)N2c2ccccc2)cc1. The fourth-order valence-electron chi connectivity index (χ4n) is 4.42. The number of carbonyl (C=O) groups excluding carboxylic acids is 1. The Hall–Kier alpha value is -3.53. The number of aryl methyl sites for hydroxylation is 1. The molecule has 0 unspecified atom stereocenters. The summed E-state index contributed by atoms with van der Waals surface area (Å²) in [7, 11) is 0. The molecule has 2 heterocycles. The van der Waals surface area contributed by atoms with Crippen LogP contribution in [0.4, 0.5) is 5.69 Å². The van der Waals surface area contributed by atoms with Gasteiger partial charge in [0.1, 0.15) is 5.71 Å². The van der Waals surface area contributed by atoms with Crippen LogP contribution >= 0.6 is 0 Å². The van der Waals surface area contributed by atoms with E-state index in [0.717, 1.165) is 22.5 Å². The molecule has 4 nitrogen and oxygen atoms in total. The Labute approximate surface area is 176 Å². The molecular formula is C26H23N3O. The van der Waals surface area contributed by atoms with Crippen LogP contribution in [0.1, 0.15) is 22.7 Å². The van der Waals surface area contributed by atoms with Crippen molar-refractivity contribution in [3.63, 3.8) is 0 Å². The van der Waals surface area contributed by atoms with Gasteiger partial charge in [-0.15, -0.1) is 0 Å². The molecule has 0 radical (unpaired) electrons. The molecule has 0 aromatic heterocycles. The lowest BCUT2D eigenvalue weighted by Gasteiger charge is -2.29. The topological polar surface area (TPSA) is 45.0 Å². The normalized spacial score (nSPS) is 21.0. The summed E-state index contributed by atoms with van der Waals surface area (Å²) in [5.41, 5.74) is 5.79. The smallest absolute Gasteiger partial charge is 0.273 e. The largest absolute Gasteiger partial charge is 0.299 e. The van der Waals surface area contributed by atoms with E-state index in [0.29, 0.717) is 18.8 Å². The highest BCUT2D eigenvalue weighted by atomic mass is 16.2. The van der Waals surface area contributed by atoms with Crippen LogP contribution in [0.3, 0.4) is 0 Å². The molecule has 1 amide bonds. The summed E-state index contributed by atoms with van der Waals surface area (Å²) in [6, 6.07) is 28.4.